The Morgan fingerprint density at radius 2 is 2.20 bits per heavy atom. The van der Waals surface area contributed by atoms with Gasteiger partial charge in [0.2, 0.25) is 11.8 Å². The Balaban J connectivity index is 1.50. The number of ether oxygens (including phenoxy) is 1. The minimum atomic E-state index is -0.314. The summed E-state index contributed by atoms with van der Waals surface area (Å²) >= 11 is 0. The van der Waals surface area contributed by atoms with Gasteiger partial charge >= 0.3 is 0 Å². The fourth-order valence-corrected chi connectivity index (χ4v) is 3.63. The second kappa shape index (κ2) is 6.23. The molecule has 7 nitrogen and oxygen atoms in total. The van der Waals surface area contributed by atoms with E-state index >= 15 is 0 Å². The summed E-state index contributed by atoms with van der Waals surface area (Å²) in [6.07, 6.45) is 2.79. The van der Waals surface area contributed by atoms with E-state index in [4.69, 9.17) is 4.74 Å². The monoisotopic (exact) mass is 340 g/mol. The van der Waals surface area contributed by atoms with E-state index in [1.54, 1.807) is 18.2 Å². The summed E-state index contributed by atoms with van der Waals surface area (Å²) in [7, 11) is 1.58. The number of hydrogen-bond acceptors (Lipinski definition) is 4. The number of rotatable bonds is 3. The maximum Gasteiger partial charge on any atom is 0.228 e. The van der Waals surface area contributed by atoms with Crippen LogP contribution in [0.25, 0.3) is 0 Å². The molecule has 1 N–H and O–H groups in total. The van der Waals surface area contributed by atoms with Crippen molar-refractivity contribution in [1.29, 1.82) is 0 Å². The van der Waals surface area contributed by atoms with Crippen LogP contribution < -0.4 is 9.64 Å². The second-order valence-corrected chi connectivity index (χ2v) is 6.46. The molecule has 2 aliphatic heterocycles. The fraction of sp³-hybridized carbons (Fsp3) is 0.389. The number of nitrogens with one attached hydrogen (secondary N) is 1. The third kappa shape index (κ3) is 2.75. The first-order valence-electron chi connectivity index (χ1n) is 8.40. The van der Waals surface area contributed by atoms with Crippen LogP contribution in [0.15, 0.2) is 30.5 Å². The molecule has 1 aromatic carbocycles. The molecule has 2 amide bonds. The van der Waals surface area contributed by atoms with E-state index in [1.807, 2.05) is 29.2 Å². The minimum Gasteiger partial charge on any atom is -0.495 e. The van der Waals surface area contributed by atoms with Gasteiger partial charge in [-0.3, -0.25) is 14.7 Å². The maximum atomic E-state index is 12.9. The van der Waals surface area contributed by atoms with Crippen LogP contribution in [-0.4, -0.2) is 47.1 Å². The number of amides is 2. The van der Waals surface area contributed by atoms with Crippen molar-refractivity contribution in [3.63, 3.8) is 0 Å². The van der Waals surface area contributed by atoms with Crippen molar-refractivity contribution in [3.8, 4) is 5.75 Å². The zero-order valence-electron chi connectivity index (χ0n) is 14.1. The van der Waals surface area contributed by atoms with E-state index in [2.05, 4.69) is 10.2 Å². The van der Waals surface area contributed by atoms with Crippen molar-refractivity contribution in [2.24, 2.45) is 5.92 Å². The van der Waals surface area contributed by atoms with Gasteiger partial charge in [-0.2, -0.15) is 5.10 Å². The normalized spacial score (nSPS) is 19.9. The molecule has 0 saturated carbocycles. The standard InChI is InChI=1S/C18H20N4O3/c1-25-16-5-3-2-4-15(16)22-11-12(8-17(22)23)18(24)21-7-6-14-13(10-21)9-19-20-14/h2-5,9,12H,6-8,10-11H2,1H3,(H,19,20)/t12-/m1/s1. The van der Waals surface area contributed by atoms with Crippen LogP contribution in [-0.2, 0) is 22.6 Å². The maximum absolute atomic E-state index is 12.9. The zero-order chi connectivity index (χ0) is 17.4. The molecule has 2 aliphatic rings. The summed E-state index contributed by atoms with van der Waals surface area (Å²) in [6.45, 7) is 1.62. The average molecular weight is 340 g/mol. The van der Waals surface area contributed by atoms with Crippen molar-refractivity contribution in [3.05, 3.63) is 41.7 Å². The largest absolute Gasteiger partial charge is 0.495 e. The zero-order valence-corrected chi connectivity index (χ0v) is 14.1. The quantitative estimate of drug-likeness (QED) is 0.915. The van der Waals surface area contributed by atoms with Crippen molar-refractivity contribution in [2.75, 3.05) is 25.1 Å². The van der Waals surface area contributed by atoms with Crippen LogP contribution in [0.4, 0.5) is 5.69 Å². The first-order valence-corrected chi connectivity index (χ1v) is 8.40. The highest BCUT2D eigenvalue weighted by Crippen LogP contribution is 2.33. The van der Waals surface area contributed by atoms with Crippen molar-refractivity contribution in [1.82, 2.24) is 15.1 Å². The van der Waals surface area contributed by atoms with Gasteiger partial charge in [0.1, 0.15) is 5.75 Å². The predicted octanol–water partition coefficient (Wildman–Crippen LogP) is 1.36. The minimum absolute atomic E-state index is 0.0381. The number of para-hydroxylation sites is 2. The van der Waals surface area contributed by atoms with Crippen LogP contribution >= 0.6 is 0 Å². The van der Waals surface area contributed by atoms with Gasteiger partial charge in [-0.15, -0.1) is 0 Å². The van der Waals surface area contributed by atoms with Gasteiger partial charge in [-0.05, 0) is 12.1 Å². The second-order valence-electron chi connectivity index (χ2n) is 6.46. The average Bonchev–Trinajstić information content (AvgIpc) is 3.26. The molecule has 7 heteroatoms. The molecule has 1 fully saturated rings. The Morgan fingerprint density at radius 3 is 3.04 bits per heavy atom. The molecular formula is C18H20N4O3. The number of aromatic nitrogens is 2. The molecule has 1 saturated heterocycles. The van der Waals surface area contributed by atoms with E-state index in [0.717, 1.165) is 23.4 Å². The molecule has 2 aromatic rings. The smallest absolute Gasteiger partial charge is 0.228 e. The van der Waals surface area contributed by atoms with Gasteiger partial charge in [0.15, 0.2) is 0 Å². The SMILES string of the molecule is COc1ccccc1N1C[C@H](C(=O)N2CCc3[nH]ncc3C2)CC1=O. The van der Waals surface area contributed by atoms with Crippen LogP contribution in [0.5, 0.6) is 5.75 Å². The lowest BCUT2D eigenvalue weighted by atomic mass is 10.0. The molecule has 3 heterocycles. The van der Waals surface area contributed by atoms with Gasteiger partial charge in [-0.25, -0.2) is 0 Å². The van der Waals surface area contributed by atoms with Gasteiger partial charge in [0.25, 0.3) is 0 Å². The number of aromatic amines is 1. The lowest BCUT2D eigenvalue weighted by Gasteiger charge is -2.29. The summed E-state index contributed by atoms with van der Waals surface area (Å²) < 4.78 is 5.35. The molecule has 130 valence electrons. The first kappa shape index (κ1) is 15.7. The molecular weight excluding hydrogens is 320 g/mol. The van der Waals surface area contributed by atoms with Gasteiger partial charge in [-0.1, -0.05) is 12.1 Å². The predicted molar refractivity (Wildman–Crippen MR) is 91.2 cm³/mol. The Kier molecular flexibility index (Phi) is 3.91. The van der Waals surface area contributed by atoms with Gasteiger partial charge in [0, 0.05) is 43.7 Å². The van der Waals surface area contributed by atoms with Crippen molar-refractivity contribution >= 4 is 17.5 Å². The van der Waals surface area contributed by atoms with E-state index < -0.39 is 0 Å². The number of carbonyl (C=O) groups is 2. The molecule has 0 unspecified atom stereocenters. The molecule has 0 radical (unpaired) electrons. The molecule has 4 rings (SSSR count). The highest BCUT2D eigenvalue weighted by atomic mass is 16.5. The number of fused-ring (bicyclic) bond motifs is 1. The Hall–Kier alpha value is -2.83. The Morgan fingerprint density at radius 1 is 1.36 bits per heavy atom. The van der Waals surface area contributed by atoms with E-state index in [0.29, 0.717) is 25.4 Å². The number of benzene rings is 1. The highest BCUT2D eigenvalue weighted by Gasteiger charge is 2.38. The topological polar surface area (TPSA) is 78.5 Å². The van der Waals surface area contributed by atoms with Crippen LogP contribution in [0.1, 0.15) is 17.7 Å². The van der Waals surface area contributed by atoms with E-state index in [-0.39, 0.29) is 24.2 Å². The molecule has 25 heavy (non-hydrogen) atoms. The van der Waals surface area contributed by atoms with Crippen LogP contribution in [0, 0.1) is 5.92 Å². The van der Waals surface area contributed by atoms with E-state index in [9.17, 15) is 9.59 Å². The van der Waals surface area contributed by atoms with Gasteiger partial charge < -0.3 is 14.5 Å². The summed E-state index contributed by atoms with van der Waals surface area (Å²) in [6, 6.07) is 7.40. The highest BCUT2D eigenvalue weighted by molar-refractivity contribution is 6.01. The van der Waals surface area contributed by atoms with Crippen LogP contribution in [0.2, 0.25) is 0 Å². The number of hydrogen-bond donors (Lipinski definition) is 1. The van der Waals surface area contributed by atoms with Crippen molar-refractivity contribution < 1.29 is 14.3 Å². The van der Waals surface area contributed by atoms with E-state index in [1.165, 1.54) is 0 Å². The number of carbonyl (C=O) groups excluding carboxylic acids is 2. The number of methoxy groups -OCH3 is 1. The number of nitrogens with zero attached hydrogens (tertiary/aromatic N) is 3. The van der Waals surface area contributed by atoms with Crippen molar-refractivity contribution in [2.45, 2.75) is 19.4 Å². The first-order chi connectivity index (χ1) is 12.2. The summed E-state index contributed by atoms with van der Waals surface area (Å²) in [4.78, 5) is 28.9. The summed E-state index contributed by atoms with van der Waals surface area (Å²) in [5.41, 5.74) is 2.88. The molecule has 1 atom stereocenters. The molecule has 1 aromatic heterocycles. The van der Waals surface area contributed by atoms with Crippen LogP contribution in [0.3, 0.4) is 0 Å². The Bertz CT molecular complexity index is 816. The molecule has 0 spiro atoms. The molecule has 0 aliphatic carbocycles. The lowest BCUT2D eigenvalue weighted by molar-refractivity contribution is -0.136. The fourth-order valence-electron chi connectivity index (χ4n) is 3.63. The summed E-state index contributed by atoms with van der Waals surface area (Å²) in [5.74, 6) is 0.331. The number of H-pyrrole nitrogens is 1. The Labute approximate surface area is 145 Å². The lowest BCUT2D eigenvalue weighted by Crippen LogP contribution is -2.40. The summed E-state index contributed by atoms with van der Waals surface area (Å²) in [5, 5.41) is 7.01. The molecule has 0 bridgehead atoms. The number of anilines is 1. The third-order valence-electron chi connectivity index (χ3n) is 4.96. The third-order valence-corrected chi connectivity index (χ3v) is 4.96. The van der Waals surface area contributed by atoms with Gasteiger partial charge in [0.05, 0.1) is 24.9 Å².